The largest absolute Gasteiger partial charge is 1.00 e. The van der Waals surface area contributed by atoms with Gasteiger partial charge in [0.25, 0.3) is 10.3 Å². The van der Waals surface area contributed by atoms with E-state index in [2.05, 4.69) is 38.3 Å². The van der Waals surface area contributed by atoms with Crippen LogP contribution in [-0.2, 0) is 9.47 Å². The van der Waals surface area contributed by atoms with Crippen LogP contribution in [0, 0.1) is 0 Å². The molecule has 4 nitrogen and oxygen atoms in total. The Bertz CT molecular complexity index is 181. The number of unbranched alkanes of at least 4 members (excludes halogenated alkanes) is 2. The fourth-order valence-corrected chi connectivity index (χ4v) is 0.801. The Morgan fingerprint density at radius 1 is 0.941 bits per heavy atom. The maximum atomic E-state index is 5.04. The van der Waals surface area contributed by atoms with Crippen LogP contribution in [0.15, 0.2) is 0 Å². The zero-order valence-electron chi connectivity index (χ0n) is 12.0. The molecule has 0 aromatic rings. The van der Waals surface area contributed by atoms with Gasteiger partial charge in [0.15, 0.2) is 0 Å². The van der Waals surface area contributed by atoms with E-state index in [0.29, 0.717) is 13.2 Å². The van der Waals surface area contributed by atoms with Crippen LogP contribution in [0.2, 0.25) is 0 Å². The van der Waals surface area contributed by atoms with Crippen LogP contribution in [0.3, 0.4) is 0 Å². The fraction of sp³-hybridized carbons (Fsp3) is 0.800. The van der Waals surface area contributed by atoms with Crippen molar-refractivity contribution in [3.8, 4) is 0 Å². The van der Waals surface area contributed by atoms with Crippen LogP contribution in [0.5, 0.6) is 0 Å². The van der Waals surface area contributed by atoms with Crippen molar-refractivity contribution < 1.29 is 62.3 Å². The monoisotopic (exact) mass is 306 g/mol. The Morgan fingerprint density at radius 3 is 1.41 bits per heavy atom. The van der Waals surface area contributed by atoms with E-state index < -0.39 is 0 Å². The van der Waals surface area contributed by atoms with E-state index in [-0.39, 0.29) is 63.2 Å². The Kier molecular flexibility index (Phi) is 26.3. The maximum Gasteiger partial charge on any atom is 1.00 e. The van der Waals surface area contributed by atoms with E-state index in [0.717, 1.165) is 25.7 Å². The summed E-state index contributed by atoms with van der Waals surface area (Å²) < 4.78 is 9.58. The molecule has 0 radical (unpaired) electrons. The van der Waals surface area contributed by atoms with E-state index in [9.17, 15) is 0 Å². The number of nitrogens with two attached hydrogens (primary N) is 2. The summed E-state index contributed by atoms with van der Waals surface area (Å²) in [5.74, 6) is 0. The van der Waals surface area contributed by atoms with Crippen LogP contribution in [0.4, 0.5) is 0 Å². The van der Waals surface area contributed by atoms with E-state index in [1.54, 1.807) is 0 Å². The average Bonchev–Trinajstić information content (AvgIpc) is 2.18. The van der Waals surface area contributed by atoms with Gasteiger partial charge in [-0.3, -0.25) is 0 Å². The van der Waals surface area contributed by atoms with E-state index in [4.69, 9.17) is 20.9 Å². The Balaban J connectivity index is -0.0000000980. The van der Waals surface area contributed by atoms with Gasteiger partial charge in [-0.25, -0.2) is 0 Å². The third-order valence-electron chi connectivity index (χ3n) is 1.48. The second-order valence-electron chi connectivity index (χ2n) is 3.04. The van der Waals surface area contributed by atoms with Crippen molar-refractivity contribution in [2.24, 2.45) is 11.5 Å². The van der Waals surface area contributed by atoms with E-state index in [1.807, 2.05) is 0 Å². The number of ether oxygens (including phenoxy) is 2. The average molecular weight is 307 g/mol. The van der Waals surface area contributed by atoms with Crippen LogP contribution < -0.4 is 62.9 Å². The maximum absolute atomic E-state index is 5.04. The van der Waals surface area contributed by atoms with Gasteiger partial charge in [-0.1, -0.05) is 26.7 Å². The number of rotatable bonds is 6. The molecule has 4 N–H and O–H groups in total. The number of hydrogen-bond acceptors (Lipinski definition) is 4. The van der Waals surface area contributed by atoms with Gasteiger partial charge in [-0.2, -0.15) is 0 Å². The van der Waals surface area contributed by atoms with Crippen molar-refractivity contribution in [1.82, 2.24) is 0 Å². The molecule has 0 aromatic carbocycles. The van der Waals surface area contributed by atoms with Gasteiger partial charge in [-0.15, -0.1) is 0 Å². The molecule has 0 aliphatic carbocycles. The molecule has 0 aromatic heterocycles. The Hall–Kier alpha value is 1.02. The molecule has 0 atom stereocenters. The first-order chi connectivity index (χ1) is 7.54. The first kappa shape index (κ1) is 23.1. The summed E-state index contributed by atoms with van der Waals surface area (Å²) in [6, 6.07) is 0. The SMILES string of the molecule is CCCCOC(N)=S.CCCCOC(N)=S.[H-].[K+]. The standard InChI is InChI=1S/2C5H11NOS.K.H/c2*1-2-3-4-7-5(6)8;;/h2*2-4H2,1H3,(H2,6,8);;/q;;+1;-1. The van der Waals surface area contributed by atoms with Crippen LogP contribution in [-0.4, -0.2) is 23.6 Å². The smallest absolute Gasteiger partial charge is 1.00 e. The molecule has 0 unspecified atom stereocenters. The van der Waals surface area contributed by atoms with E-state index in [1.165, 1.54) is 0 Å². The minimum Gasteiger partial charge on any atom is -1.00 e. The van der Waals surface area contributed by atoms with Gasteiger partial charge in [0.2, 0.25) is 0 Å². The second-order valence-corrected chi connectivity index (χ2v) is 3.85. The summed E-state index contributed by atoms with van der Waals surface area (Å²) in [6.45, 7) is 5.49. The summed E-state index contributed by atoms with van der Waals surface area (Å²) in [6.07, 6.45) is 4.28. The summed E-state index contributed by atoms with van der Waals surface area (Å²) in [4.78, 5) is 0. The van der Waals surface area contributed by atoms with Gasteiger partial charge >= 0.3 is 51.4 Å². The summed E-state index contributed by atoms with van der Waals surface area (Å²) >= 11 is 8.93. The minimum atomic E-state index is 0. The van der Waals surface area contributed by atoms with Crippen molar-refractivity contribution in [3.05, 3.63) is 0 Å². The molecule has 0 fully saturated rings. The Labute approximate surface area is 159 Å². The van der Waals surface area contributed by atoms with Crippen LogP contribution in [0.25, 0.3) is 0 Å². The van der Waals surface area contributed by atoms with Crippen molar-refractivity contribution in [1.29, 1.82) is 0 Å². The van der Waals surface area contributed by atoms with Crippen molar-refractivity contribution in [3.63, 3.8) is 0 Å². The van der Waals surface area contributed by atoms with Crippen molar-refractivity contribution >= 4 is 34.8 Å². The summed E-state index contributed by atoms with van der Waals surface area (Å²) in [5.41, 5.74) is 10.1. The van der Waals surface area contributed by atoms with Crippen LogP contribution in [0.1, 0.15) is 41.0 Å². The molecule has 0 heterocycles. The van der Waals surface area contributed by atoms with Gasteiger partial charge in [0.1, 0.15) is 0 Å². The molecule has 0 bridgehead atoms. The molecular weight excluding hydrogens is 283 g/mol. The third-order valence-corrected chi connectivity index (χ3v) is 1.72. The molecule has 0 saturated heterocycles. The fourth-order valence-electron chi connectivity index (χ4n) is 0.634. The van der Waals surface area contributed by atoms with E-state index >= 15 is 0 Å². The quantitative estimate of drug-likeness (QED) is 0.381. The summed E-state index contributed by atoms with van der Waals surface area (Å²) in [7, 11) is 0. The van der Waals surface area contributed by atoms with Gasteiger partial charge in [-0.05, 0) is 37.3 Å². The molecule has 17 heavy (non-hydrogen) atoms. The zero-order chi connectivity index (χ0) is 12.8. The molecule has 0 aliphatic heterocycles. The van der Waals surface area contributed by atoms with Gasteiger partial charge in [0, 0.05) is 0 Å². The van der Waals surface area contributed by atoms with Crippen molar-refractivity contribution in [2.45, 2.75) is 39.5 Å². The molecule has 0 amide bonds. The second kappa shape index (κ2) is 19.4. The third kappa shape index (κ3) is 31.6. The molecule has 0 rings (SSSR count). The predicted octanol–water partition coefficient (Wildman–Crippen LogP) is -0.790. The van der Waals surface area contributed by atoms with Crippen LogP contribution >= 0.6 is 24.4 Å². The molecule has 0 aliphatic rings. The molecule has 7 heteroatoms. The predicted molar refractivity (Wildman–Crippen MR) is 76.4 cm³/mol. The first-order valence-electron chi connectivity index (χ1n) is 5.39. The topological polar surface area (TPSA) is 70.5 Å². The number of thiocarbonyl (C=S) groups is 2. The number of hydrogen-bond donors (Lipinski definition) is 2. The Morgan fingerprint density at radius 2 is 1.24 bits per heavy atom. The molecule has 0 saturated carbocycles. The zero-order valence-corrected chi connectivity index (χ0v) is 15.8. The normalized spacial score (nSPS) is 8.12. The van der Waals surface area contributed by atoms with Crippen molar-refractivity contribution in [2.75, 3.05) is 13.2 Å². The van der Waals surface area contributed by atoms with Gasteiger partial charge in [0.05, 0.1) is 13.2 Å². The van der Waals surface area contributed by atoms with Gasteiger partial charge < -0.3 is 22.4 Å². The molecule has 0 spiro atoms. The molecule has 98 valence electrons. The minimum absolute atomic E-state index is 0. The first-order valence-corrected chi connectivity index (χ1v) is 6.20. The summed E-state index contributed by atoms with van der Waals surface area (Å²) in [5, 5.41) is 0.303. The molecular formula is C10H23KN2O2S2.